The highest BCUT2D eigenvalue weighted by atomic mass is 32.1. The number of fused-ring (bicyclic) bond motifs is 1. The minimum atomic E-state index is -0.603. The van der Waals surface area contributed by atoms with Crippen molar-refractivity contribution in [1.82, 2.24) is 15.5 Å². The van der Waals surface area contributed by atoms with Crippen LogP contribution in [0.1, 0.15) is 16.9 Å². The lowest BCUT2D eigenvalue weighted by Crippen LogP contribution is -2.62. The highest BCUT2D eigenvalue weighted by Crippen LogP contribution is 2.23. The number of hydrogen-bond acceptors (Lipinski definition) is 5. The summed E-state index contributed by atoms with van der Waals surface area (Å²) in [6.45, 7) is 1.95. The van der Waals surface area contributed by atoms with Crippen LogP contribution in [0.2, 0.25) is 0 Å². The molecule has 7 heteroatoms. The summed E-state index contributed by atoms with van der Waals surface area (Å²) in [5.41, 5.74) is 1.05. The van der Waals surface area contributed by atoms with Gasteiger partial charge in [-0.15, -0.1) is 11.3 Å². The van der Waals surface area contributed by atoms with Crippen LogP contribution in [-0.2, 0) is 27.5 Å². The molecule has 2 aliphatic heterocycles. The average Bonchev–Trinajstić information content (AvgIpc) is 3.35. The first-order valence-corrected chi connectivity index (χ1v) is 10.1. The smallest absolute Gasteiger partial charge is 0.248 e. The minimum Gasteiger partial charge on any atom is -0.374 e. The summed E-state index contributed by atoms with van der Waals surface area (Å²) < 4.78 is 5.67. The van der Waals surface area contributed by atoms with Crippen LogP contribution < -0.4 is 10.6 Å². The zero-order valence-corrected chi connectivity index (χ0v) is 15.8. The first-order chi connectivity index (χ1) is 13.2. The van der Waals surface area contributed by atoms with E-state index in [4.69, 9.17) is 4.74 Å². The summed E-state index contributed by atoms with van der Waals surface area (Å²) in [6.07, 6.45) is 0.653. The van der Waals surface area contributed by atoms with Gasteiger partial charge >= 0.3 is 0 Å². The molecule has 0 radical (unpaired) electrons. The molecule has 2 N–H and O–H groups in total. The van der Waals surface area contributed by atoms with E-state index in [1.807, 2.05) is 41.8 Å². The number of rotatable bonds is 7. The zero-order valence-electron chi connectivity index (χ0n) is 15.0. The van der Waals surface area contributed by atoms with Crippen LogP contribution in [0.25, 0.3) is 0 Å². The molecule has 2 amide bonds. The van der Waals surface area contributed by atoms with E-state index < -0.39 is 6.04 Å². The number of carbonyl (C=O) groups is 2. The van der Waals surface area contributed by atoms with E-state index in [2.05, 4.69) is 16.7 Å². The molecule has 0 spiro atoms. The second-order valence-corrected chi connectivity index (χ2v) is 7.99. The Morgan fingerprint density at radius 3 is 2.81 bits per heavy atom. The second-order valence-electron chi connectivity index (χ2n) is 6.96. The SMILES string of the molecule is O=C1N[C@@H](COCc2ccccc2)C(=O)N2C[C@@H](NCc3cccs3)C[C@@H]12. The predicted molar refractivity (Wildman–Crippen MR) is 103 cm³/mol. The van der Waals surface area contributed by atoms with Crippen LogP contribution in [-0.4, -0.2) is 48.0 Å². The van der Waals surface area contributed by atoms with Gasteiger partial charge in [-0.05, 0) is 23.4 Å². The molecule has 0 unspecified atom stereocenters. The van der Waals surface area contributed by atoms with Crippen molar-refractivity contribution in [2.24, 2.45) is 0 Å². The molecule has 2 aromatic rings. The summed E-state index contributed by atoms with van der Waals surface area (Å²) in [4.78, 5) is 28.2. The normalized spacial score (nSPS) is 24.7. The Morgan fingerprint density at radius 1 is 1.19 bits per heavy atom. The van der Waals surface area contributed by atoms with Gasteiger partial charge in [0, 0.05) is 24.0 Å². The number of benzene rings is 1. The second kappa shape index (κ2) is 8.21. The molecule has 0 bridgehead atoms. The Hall–Kier alpha value is -2.22. The molecule has 3 heterocycles. The Bertz CT molecular complexity index is 781. The van der Waals surface area contributed by atoms with Gasteiger partial charge in [0.2, 0.25) is 11.8 Å². The first-order valence-electron chi connectivity index (χ1n) is 9.19. The van der Waals surface area contributed by atoms with Crippen molar-refractivity contribution in [3.05, 3.63) is 58.3 Å². The highest BCUT2D eigenvalue weighted by molar-refractivity contribution is 7.09. The lowest BCUT2D eigenvalue weighted by Gasteiger charge is -2.34. The van der Waals surface area contributed by atoms with Crippen LogP contribution in [0, 0.1) is 0 Å². The van der Waals surface area contributed by atoms with Crippen LogP contribution in [0.4, 0.5) is 0 Å². The van der Waals surface area contributed by atoms with Gasteiger partial charge < -0.3 is 20.3 Å². The highest BCUT2D eigenvalue weighted by Gasteiger charge is 2.46. The molecule has 3 atom stereocenters. The maximum atomic E-state index is 12.8. The molecule has 2 fully saturated rings. The van der Waals surface area contributed by atoms with E-state index >= 15 is 0 Å². The van der Waals surface area contributed by atoms with Gasteiger partial charge in [0.05, 0.1) is 13.2 Å². The molecular weight excluding hydrogens is 362 g/mol. The monoisotopic (exact) mass is 385 g/mol. The first kappa shape index (κ1) is 18.2. The number of carbonyl (C=O) groups excluding carboxylic acids is 2. The van der Waals surface area contributed by atoms with Crippen molar-refractivity contribution in [2.75, 3.05) is 13.2 Å². The lowest BCUT2D eigenvalue weighted by molar-refractivity contribution is -0.148. The van der Waals surface area contributed by atoms with Gasteiger partial charge in [-0.3, -0.25) is 9.59 Å². The molecule has 4 rings (SSSR count). The molecule has 1 aromatic carbocycles. The van der Waals surface area contributed by atoms with Crippen molar-refractivity contribution in [3.8, 4) is 0 Å². The Kier molecular flexibility index (Phi) is 5.52. The average molecular weight is 385 g/mol. The minimum absolute atomic E-state index is 0.0481. The van der Waals surface area contributed by atoms with Gasteiger partial charge in [0.25, 0.3) is 0 Å². The van der Waals surface area contributed by atoms with Gasteiger partial charge in [0.1, 0.15) is 12.1 Å². The van der Waals surface area contributed by atoms with Crippen LogP contribution >= 0.6 is 11.3 Å². The summed E-state index contributed by atoms with van der Waals surface area (Å²) in [5.74, 6) is -0.128. The van der Waals surface area contributed by atoms with Crippen molar-refractivity contribution < 1.29 is 14.3 Å². The topological polar surface area (TPSA) is 70.7 Å². The predicted octanol–water partition coefficient (Wildman–Crippen LogP) is 1.52. The Balaban J connectivity index is 1.30. The lowest BCUT2D eigenvalue weighted by atomic mass is 10.1. The van der Waals surface area contributed by atoms with E-state index in [0.717, 1.165) is 12.1 Å². The van der Waals surface area contributed by atoms with Gasteiger partial charge in [-0.2, -0.15) is 0 Å². The van der Waals surface area contributed by atoms with E-state index in [0.29, 0.717) is 19.6 Å². The fraction of sp³-hybridized carbons (Fsp3) is 0.400. The number of nitrogens with zero attached hydrogens (tertiary/aromatic N) is 1. The maximum absolute atomic E-state index is 12.8. The number of ether oxygens (including phenoxy) is 1. The van der Waals surface area contributed by atoms with Crippen LogP contribution in [0.3, 0.4) is 0 Å². The number of piperazine rings is 1. The quantitative estimate of drug-likeness (QED) is 0.758. The third-order valence-electron chi connectivity index (χ3n) is 5.04. The molecule has 0 aliphatic carbocycles. The van der Waals surface area contributed by atoms with E-state index in [1.165, 1.54) is 4.88 Å². The molecule has 2 saturated heterocycles. The third kappa shape index (κ3) is 4.21. The van der Waals surface area contributed by atoms with Gasteiger partial charge in [-0.25, -0.2) is 0 Å². The van der Waals surface area contributed by atoms with Crippen molar-refractivity contribution >= 4 is 23.2 Å². The zero-order chi connectivity index (χ0) is 18.6. The summed E-state index contributed by atoms with van der Waals surface area (Å²) in [7, 11) is 0. The maximum Gasteiger partial charge on any atom is 0.248 e. The largest absolute Gasteiger partial charge is 0.374 e. The molecular formula is C20H23N3O3S. The molecule has 142 valence electrons. The Morgan fingerprint density at radius 2 is 2.04 bits per heavy atom. The van der Waals surface area contributed by atoms with Crippen molar-refractivity contribution in [1.29, 1.82) is 0 Å². The van der Waals surface area contributed by atoms with Crippen molar-refractivity contribution in [2.45, 2.75) is 37.7 Å². The number of thiophene rings is 1. The van der Waals surface area contributed by atoms with E-state index in [1.54, 1.807) is 16.2 Å². The van der Waals surface area contributed by atoms with Crippen LogP contribution in [0.5, 0.6) is 0 Å². The summed E-state index contributed by atoms with van der Waals surface area (Å²) in [6, 6.07) is 13.1. The summed E-state index contributed by atoms with van der Waals surface area (Å²) >= 11 is 1.70. The van der Waals surface area contributed by atoms with Crippen LogP contribution in [0.15, 0.2) is 47.8 Å². The summed E-state index contributed by atoms with van der Waals surface area (Å²) in [5, 5.41) is 8.35. The molecule has 6 nitrogen and oxygen atoms in total. The standard InChI is InChI=1S/C20H23N3O3S/c24-19-18-9-15(21-10-16-7-4-8-27-16)11-23(18)20(25)17(22-19)13-26-12-14-5-2-1-3-6-14/h1-8,15,17-18,21H,9-13H2,(H,22,24)/t15-,17-,18-/m0/s1. The molecule has 27 heavy (non-hydrogen) atoms. The third-order valence-corrected chi connectivity index (χ3v) is 5.92. The van der Waals surface area contributed by atoms with E-state index in [9.17, 15) is 9.59 Å². The number of nitrogens with one attached hydrogen (secondary N) is 2. The van der Waals surface area contributed by atoms with Crippen molar-refractivity contribution in [3.63, 3.8) is 0 Å². The molecule has 1 aromatic heterocycles. The fourth-order valence-electron chi connectivity index (χ4n) is 3.65. The van der Waals surface area contributed by atoms with Gasteiger partial charge in [0.15, 0.2) is 0 Å². The fourth-order valence-corrected chi connectivity index (χ4v) is 4.30. The molecule has 2 aliphatic rings. The number of hydrogen-bond donors (Lipinski definition) is 2. The molecule has 0 saturated carbocycles. The van der Waals surface area contributed by atoms with E-state index in [-0.39, 0.29) is 30.5 Å². The number of amides is 2. The Labute approximate surface area is 162 Å². The van der Waals surface area contributed by atoms with Gasteiger partial charge in [-0.1, -0.05) is 36.4 Å².